The van der Waals surface area contributed by atoms with Crippen LogP contribution in [0.15, 0.2) is 12.2 Å². The molecule has 1 aliphatic rings. The molecule has 3 nitrogen and oxygen atoms in total. The van der Waals surface area contributed by atoms with Gasteiger partial charge in [-0.05, 0) is 26.3 Å². The van der Waals surface area contributed by atoms with Crippen LogP contribution in [0.25, 0.3) is 0 Å². The molecule has 0 spiro atoms. The molecule has 1 unspecified atom stereocenters. The highest BCUT2D eigenvalue weighted by Gasteiger charge is 2.19. The number of hydrogen-bond acceptors (Lipinski definition) is 2. The van der Waals surface area contributed by atoms with Gasteiger partial charge in [-0.25, -0.2) is 0 Å². The van der Waals surface area contributed by atoms with Crippen molar-refractivity contribution in [1.29, 1.82) is 0 Å². The van der Waals surface area contributed by atoms with E-state index in [1.807, 2.05) is 6.92 Å². The van der Waals surface area contributed by atoms with Crippen molar-refractivity contribution >= 4 is 5.91 Å². The Morgan fingerprint density at radius 2 is 2.46 bits per heavy atom. The van der Waals surface area contributed by atoms with Crippen molar-refractivity contribution in [2.24, 2.45) is 5.92 Å². The minimum absolute atomic E-state index is 0.160. The molecule has 0 aromatic carbocycles. The van der Waals surface area contributed by atoms with E-state index in [1.54, 1.807) is 0 Å². The number of nitrogens with one attached hydrogen (secondary N) is 2. The van der Waals surface area contributed by atoms with E-state index in [0.29, 0.717) is 6.54 Å². The maximum Gasteiger partial charge on any atom is 0.224 e. The van der Waals surface area contributed by atoms with Gasteiger partial charge in [-0.3, -0.25) is 4.79 Å². The lowest BCUT2D eigenvalue weighted by Crippen LogP contribution is -2.40. The van der Waals surface area contributed by atoms with Crippen molar-refractivity contribution in [2.45, 2.75) is 19.8 Å². The van der Waals surface area contributed by atoms with Gasteiger partial charge in [0.1, 0.15) is 0 Å². The van der Waals surface area contributed by atoms with Gasteiger partial charge < -0.3 is 10.6 Å². The summed E-state index contributed by atoms with van der Waals surface area (Å²) in [6.07, 6.45) is 2.11. The highest BCUT2D eigenvalue weighted by atomic mass is 16.1. The van der Waals surface area contributed by atoms with Crippen LogP contribution < -0.4 is 10.6 Å². The molecule has 1 atom stereocenters. The van der Waals surface area contributed by atoms with Gasteiger partial charge in [0.15, 0.2) is 0 Å². The van der Waals surface area contributed by atoms with Gasteiger partial charge in [-0.1, -0.05) is 12.2 Å². The van der Waals surface area contributed by atoms with Crippen molar-refractivity contribution in [1.82, 2.24) is 10.6 Å². The minimum Gasteiger partial charge on any atom is -0.352 e. The molecule has 1 saturated heterocycles. The molecule has 2 N–H and O–H groups in total. The average Bonchev–Trinajstić information content (AvgIpc) is 2.15. The standard InChI is InChI=1S/C10H18N2O/c1-8(2)6-12-10(13)9-4-3-5-11-7-9/h9,11H,1,3-7H2,2H3,(H,12,13). The smallest absolute Gasteiger partial charge is 0.224 e. The fraction of sp³-hybridized carbons (Fsp3) is 0.700. The molecule has 1 heterocycles. The van der Waals surface area contributed by atoms with Crippen LogP contribution in [0.4, 0.5) is 0 Å². The molecule has 0 aromatic heterocycles. The molecular weight excluding hydrogens is 164 g/mol. The lowest BCUT2D eigenvalue weighted by Gasteiger charge is -2.21. The van der Waals surface area contributed by atoms with Gasteiger partial charge in [0.05, 0.1) is 5.92 Å². The largest absolute Gasteiger partial charge is 0.352 e. The van der Waals surface area contributed by atoms with Crippen molar-refractivity contribution in [2.75, 3.05) is 19.6 Å². The SMILES string of the molecule is C=C(C)CNC(=O)C1CCCNC1. The Balaban J connectivity index is 2.25. The number of amides is 1. The molecule has 0 aliphatic carbocycles. The predicted molar refractivity (Wildman–Crippen MR) is 53.4 cm³/mol. The van der Waals surface area contributed by atoms with E-state index in [0.717, 1.165) is 31.5 Å². The second-order valence-electron chi connectivity index (χ2n) is 3.72. The first-order valence-corrected chi connectivity index (χ1v) is 4.83. The van der Waals surface area contributed by atoms with E-state index < -0.39 is 0 Å². The maximum absolute atomic E-state index is 11.5. The second kappa shape index (κ2) is 5.02. The Morgan fingerprint density at radius 1 is 1.69 bits per heavy atom. The van der Waals surface area contributed by atoms with Crippen LogP contribution >= 0.6 is 0 Å². The van der Waals surface area contributed by atoms with Crippen LogP contribution in [0.1, 0.15) is 19.8 Å². The van der Waals surface area contributed by atoms with E-state index in [2.05, 4.69) is 17.2 Å². The maximum atomic E-state index is 11.5. The van der Waals surface area contributed by atoms with Crippen molar-refractivity contribution < 1.29 is 4.79 Å². The Labute approximate surface area is 79.6 Å². The highest BCUT2D eigenvalue weighted by Crippen LogP contribution is 2.09. The normalized spacial score (nSPS) is 22.4. The quantitative estimate of drug-likeness (QED) is 0.630. The highest BCUT2D eigenvalue weighted by molar-refractivity contribution is 5.79. The van der Waals surface area contributed by atoms with Gasteiger partial charge in [0, 0.05) is 13.1 Å². The summed E-state index contributed by atoms with van der Waals surface area (Å²) in [6.45, 7) is 8.13. The number of carbonyl (C=O) groups excluding carboxylic acids is 1. The monoisotopic (exact) mass is 182 g/mol. The molecule has 0 saturated carbocycles. The Morgan fingerprint density at radius 3 is 3.00 bits per heavy atom. The van der Waals surface area contributed by atoms with Crippen LogP contribution in [0.2, 0.25) is 0 Å². The summed E-state index contributed by atoms with van der Waals surface area (Å²) in [4.78, 5) is 11.5. The van der Waals surface area contributed by atoms with Crippen LogP contribution in [-0.4, -0.2) is 25.5 Å². The van der Waals surface area contributed by atoms with Gasteiger partial charge >= 0.3 is 0 Å². The average molecular weight is 182 g/mol. The number of rotatable bonds is 3. The van der Waals surface area contributed by atoms with E-state index in [9.17, 15) is 4.79 Å². The van der Waals surface area contributed by atoms with E-state index in [1.165, 1.54) is 0 Å². The third-order valence-electron chi connectivity index (χ3n) is 2.23. The summed E-state index contributed by atoms with van der Waals surface area (Å²) < 4.78 is 0. The fourth-order valence-corrected chi connectivity index (χ4v) is 1.46. The van der Waals surface area contributed by atoms with Crippen LogP contribution in [0.3, 0.4) is 0 Å². The van der Waals surface area contributed by atoms with Crippen LogP contribution in [0.5, 0.6) is 0 Å². The van der Waals surface area contributed by atoms with Gasteiger partial charge in [-0.2, -0.15) is 0 Å². The summed E-state index contributed by atoms with van der Waals surface area (Å²) >= 11 is 0. The molecule has 0 radical (unpaired) electrons. The van der Waals surface area contributed by atoms with Crippen LogP contribution in [0, 0.1) is 5.92 Å². The Bertz CT molecular complexity index is 195. The lowest BCUT2D eigenvalue weighted by atomic mass is 9.99. The van der Waals surface area contributed by atoms with Gasteiger partial charge in [0.2, 0.25) is 5.91 Å². The predicted octanol–water partition coefficient (Wildman–Crippen LogP) is 0.678. The number of hydrogen-bond donors (Lipinski definition) is 2. The summed E-state index contributed by atoms with van der Waals surface area (Å²) in [7, 11) is 0. The summed E-state index contributed by atoms with van der Waals surface area (Å²) in [5.74, 6) is 0.323. The zero-order chi connectivity index (χ0) is 9.68. The molecule has 1 fully saturated rings. The van der Waals surface area contributed by atoms with E-state index >= 15 is 0 Å². The minimum atomic E-state index is 0.160. The molecule has 1 aliphatic heterocycles. The molecule has 13 heavy (non-hydrogen) atoms. The van der Waals surface area contributed by atoms with Crippen molar-refractivity contribution in [3.8, 4) is 0 Å². The zero-order valence-electron chi connectivity index (χ0n) is 8.23. The first kappa shape index (κ1) is 10.3. The summed E-state index contributed by atoms with van der Waals surface area (Å²) in [5, 5.41) is 6.09. The fourth-order valence-electron chi connectivity index (χ4n) is 1.46. The number of carbonyl (C=O) groups is 1. The van der Waals surface area contributed by atoms with Gasteiger partial charge in [0.25, 0.3) is 0 Å². The molecular formula is C10H18N2O. The lowest BCUT2D eigenvalue weighted by molar-refractivity contribution is -0.125. The third-order valence-corrected chi connectivity index (χ3v) is 2.23. The molecule has 0 aromatic rings. The number of piperidine rings is 1. The molecule has 1 amide bonds. The Kier molecular flexibility index (Phi) is 3.96. The molecule has 0 bridgehead atoms. The van der Waals surface area contributed by atoms with Gasteiger partial charge in [-0.15, -0.1) is 0 Å². The van der Waals surface area contributed by atoms with Crippen molar-refractivity contribution in [3.63, 3.8) is 0 Å². The first-order chi connectivity index (χ1) is 6.20. The molecule has 3 heteroatoms. The topological polar surface area (TPSA) is 41.1 Å². The first-order valence-electron chi connectivity index (χ1n) is 4.83. The Hall–Kier alpha value is -0.830. The molecule has 74 valence electrons. The third kappa shape index (κ3) is 3.59. The van der Waals surface area contributed by atoms with E-state index in [4.69, 9.17) is 0 Å². The molecule has 1 rings (SSSR count). The second-order valence-corrected chi connectivity index (χ2v) is 3.72. The summed E-state index contributed by atoms with van der Waals surface area (Å²) in [6, 6.07) is 0. The van der Waals surface area contributed by atoms with Crippen molar-refractivity contribution in [3.05, 3.63) is 12.2 Å². The van der Waals surface area contributed by atoms with Crippen LogP contribution in [-0.2, 0) is 4.79 Å². The zero-order valence-corrected chi connectivity index (χ0v) is 8.23. The summed E-state index contributed by atoms with van der Waals surface area (Å²) in [5.41, 5.74) is 0.997. The van der Waals surface area contributed by atoms with E-state index in [-0.39, 0.29) is 11.8 Å².